The molecule has 1 heterocycles. The van der Waals surface area contributed by atoms with Crippen LogP contribution in [-0.2, 0) is 14.4 Å². The van der Waals surface area contributed by atoms with Crippen LogP contribution in [-0.4, -0.2) is 18.1 Å². The zero-order valence-corrected chi connectivity index (χ0v) is 16.5. The first-order valence-corrected chi connectivity index (χ1v) is 9.63. The monoisotopic (exact) mass is 433 g/mol. The minimum Gasteiger partial charge on any atom is -0.298 e. The maximum absolute atomic E-state index is 12.9. The minimum absolute atomic E-state index is 0.0496. The quantitative estimate of drug-likeness (QED) is 0.400. The minimum atomic E-state index is -0.317. The Balaban J connectivity index is 1.69. The second-order valence-corrected chi connectivity index (χ2v) is 7.63. The third-order valence-corrected chi connectivity index (χ3v) is 5.28. The van der Waals surface area contributed by atoms with Gasteiger partial charge in [0.15, 0.2) is 0 Å². The van der Waals surface area contributed by atoms with Crippen molar-refractivity contribution in [2.45, 2.75) is 12.8 Å². The lowest BCUT2D eigenvalue weighted by Crippen LogP contribution is -2.28. The predicted octanol–water partition coefficient (Wildman–Crippen LogP) is 4.71. The maximum Gasteiger partial charge on any atom is 0.261 e. The molecule has 1 saturated heterocycles. The van der Waals surface area contributed by atoms with Crippen LogP contribution in [0.5, 0.6) is 0 Å². The summed E-state index contributed by atoms with van der Waals surface area (Å²) in [6.45, 7) is 0. The van der Waals surface area contributed by atoms with E-state index in [1.54, 1.807) is 30.3 Å². The average molecular weight is 434 g/mol. The van der Waals surface area contributed by atoms with Crippen LogP contribution in [0.2, 0.25) is 0 Å². The molecule has 1 aliphatic carbocycles. The van der Waals surface area contributed by atoms with E-state index >= 15 is 0 Å². The molecule has 0 atom stereocenters. The summed E-state index contributed by atoms with van der Waals surface area (Å²) in [5, 5.41) is 0. The zero-order chi connectivity index (χ0) is 19.7. The lowest BCUT2D eigenvalue weighted by molar-refractivity contribution is -0.120. The number of benzene rings is 2. The van der Waals surface area contributed by atoms with Gasteiger partial charge in [-0.15, -0.1) is 0 Å². The fraction of sp³-hybridized carbons (Fsp3) is 0.0870. The van der Waals surface area contributed by atoms with Crippen molar-refractivity contribution in [1.82, 2.24) is 0 Å². The molecule has 2 aliphatic rings. The van der Waals surface area contributed by atoms with E-state index in [2.05, 4.69) is 15.9 Å². The number of carbonyl (C=O) groups excluding carboxylic acids is 3. The van der Waals surface area contributed by atoms with Crippen LogP contribution < -0.4 is 4.90 Å². The Kier molecular flexibility index (Phi) is 4.92. The summed E-state index contributed by atoms with van der Waals surface area (Å²) in [5.41, 5.74) is 4.39. The van der Waals surface area contributed by atoms with Crippen molar-refractivity contribution in [2.75, 3.05) is 4.90 Å². The Morgan fingerprint density at radius 2 is 1.50 bits per heavy atom. The van der Waals surface area contributed by atoms with Gasteiger partial charge in [0.05, 0.1) is 12.1 Å². The van der Waals surface area contributed by atoms with Crippen molar-refractivity contribution in [3.8, 4) is 0 Å². The van der Waals surface area contributed by atoms with Gasteiger partial charge >= 0.3 is 0 Å². The highest BCUT2D eigenvalue weighted by molar-refractivity contribution is 9.10. The van der Waals surface area contributed by atoms with Crippen molar-refractivity contribution in [2.24, 2.45) is 0 Å². The molecule has 0 saturated carbocycles. The van der Waals surface area contributed by atoms with E-state index in [0.717, 1.165) is 27.5 Å². The van der Waals surface area contributed by atoms with Crippen LogP contribution in [0.15, 0.2) is 75.8 Å². The molecule has 2 aromatic rings. The molecule has 138 valence electrons. The van der Waals surface area contributed by atoms with Crippen LogP contribution in [0, 0.1) is 0 Å². The molecule has 4 nitrogen and oxygen atoms in total. The van der Waals surface area contributed by atoms with E-state index in [1.165, 1.54) is 4.90 Å². The molecule has 0 N–H and O–H groups in total. The average Bonchev–Trinajstić information content (AvgIpc) is 2.86. The Morgan fingerprint density at radius 3 is 2.14 bits per heavy atom. The topological polar surface area (TPSA) is 54.5 Å². The number of amides is 2. The Morgan fingerprint density at radius 1 is 0.857 bits per heavy atom. The molecule has 0 bridgehead atoms. The van der Waals surface area contributed by atoms with Crippen LogP contribution in [0.3, 0.4) is 0 Å². The first-order chi connectivity index (χ1) is 13.5. The van der Waals surface area contributed by atoms with Crippen molar-refractivity contribution < 1.29 is 14.4 Å². The molecule has 2 amide bonds. The van der Waals surface area contributed by atoms with Crippen molar-refractivity contribution >= 4 is 51.9 Å². The van der Waals surface area contributed by atoms with Crippen LogP contribution >= 0.6 is 15.9 Å². The molecule has 28 heavy (non-hydrogen) atoms. The van der Waals surface area contributed by atoms with Gasteiger partial charge in [-0.2, -0.15) is 0 Å². The predicted molar refractivity (Wildman–Crippen MR) is 112 cm³/mol. The largest absolute Gasteiger partial charge is 0.298 e. The zero-order valence-electron chi connectivity index (χ0n) is 14.9. The second-order valence-electron chi connectivity index (χ2n) is 6.72. The van der Waals surface area contributed by atoms with Gasteiger partial charge in [-0.05, 0) is 58.7 Å². The highest BCUT2D eigenvalue weighted by Crippen LogP contribution is 2.31. The lowest BCUT2D eigenvalue weighted by atomic mass is 10.0. The van der Waals surface area contributed by atoms with Gasteiger partial charge in [0.2, 0.25) is 5.91 Å². The first kappa shape index (κ1) is 18.3. The summed E-state index contributed by atoms with van der Waals surface area (Å²) in [6.07, 6.45) is 6.88. The smallest absolute Gasteiger partial charge is 0.261 e. The summed E-state index contributed by atoms with van der Waals surface area (Å²) in [5.74, 6) is -0.568. The number of hydrogen-bond donors (Lipinski definition) is 0. The summed E-state index contributed by atoms with van der Waals surface area (Å²) in [4.78, 5) is 38.0. The third-order valence-electron chi connectivity index (χ3n) is 4.75. The van der Waals surface area contributed by atoms with Crippen molar-refractivity contribution in [3.63, 3.8) is 0 Å². The van der Waals surface area contributed by atoms with Crippen molar-refractivity contribution in [3.05, 3.63) is 86.9 Å². The van der Waals surface area contributed by atoms with E-state index in [4.69, 9.17) is 0 Å². The SMILES string of the molecule is O=CC1=Cc2ccccc2C=C(/C=C2\CC(=O)N(c3ccc(Br)cc3)C2=O)C1. The van der Waals surface area contributed by atoms with E-state index in [9.17, 15) is 14.4 Å². The number of allylic oxidation sites excluding steroid dienone is 3. The van der Waals surface area contributed by atoms with Gasteiger partial charge in [-0.3, -0.25) is 14.4 Å². The van der Waals surface area contributed by atoms with E-state index in [0.29, 0.717) is 23.3 Å². The standard InChI is InChI=1S/C23H16BrNO3/c24-20-5-7-21(8-6-20)25-22(27)13-19(23(25)28)11-15-9-16(14-26)12-18-4-2-1-3-17(18)10-15/h1-8,10-12,14H,9,13H2/b19-11+. The van der Waals surface area contributed by atoms with Crippen LogP contribution in [0.4, 0.5) is 5.69 Å². The fourth-order valence-corrected chi connectivity index (χ4v) is 3.71. The number of aldehydes is 1. The molecule has 0 aromatic heterocycles. The van der Waals surface area contributed by atoms with Gasteiger partial charge in [-0.25, -0.2) is 4.90 Å². The number of halogens is 1. The molecule has 5 heteroatoms. The summed E-state index contributed by atoms with van der Waals surface area (Å²) < 4.78 is 0.876. The summed E-state index contributed by atoms with van der Waals surface area (Å²) in [7, 11) is 0. The molecule has 4 rings (SSSR count). The number of rotatable bonds is 3. The van der Waals surface area contributed by atoms with Gasteiger partial charge in [0.25, 0.3) is 5.91 Å². The number of nitrogens with zero attached hydrogens (tertiary/aromatic N) is 1. The Hall–Kier alpha value is -3.05. The highest BCUT2D eigenvalue weighted by Gasteiger charge is 2.35. The van der Waals surface area contributed by atoms with Gasteiger partial charge in [-0.1, -0.05) is 46.3 Å². The molecule has 2 aromatic carbocycles. The van der Waals surface area contributed by atoms with Crippen LogP contribution in [0.25, 0.3) is 12.2 Å². The van der Waals surface area contributed by atoms with E-state index < -0.39 is 0 Å². The van der Waals surface area contributed by atoms with Crippen LogP contribution in [0.1, 0.15) is 24.0 Å². The second kappa shape index (κ2) is 7.52. The number of carbonyl (C=O) groups is 3. The fourth-order valence-electron chi connectivity index (χ4n) is 3.44. The molecule has 0 radical (unpaired) electrons. The Bertz CT molecular complexity index is 1080. The summed E-state index contributed by atoms with van der Waals surface area (Å²) >= 11 is 3.35. The van der Waals surface area contributed by atoms with Gasteiger partial charge in [0.1, 0.15) is 6.29 Å². The summed E-state index contributed by atoms with van der Waals surface area (Å²) in [6, 6.07) is 14.8. The molecular weight excluding hydrogens is 418 g/mol. The molecule has 0 unspecified atom stereocenters. The Labute approximate surface area is 171 Å². The molecule has 1 aliphatic heterocycles. The molecular formula is C23H16BrNO3. The number of anilines is 1. The molecule has 0 spiro atoms. The first-order valence-electron chi connectivity index (χ1n) is 8.84. The maximum atomic E-state index is 12.9. The number of imide groups is 1. The number of fused-ring (bicyclic) bond motifs is 1. The normalized spacial score (nSPS) is 17.9. The molecule has 1 fully saturated rings. The van der Waals surface area contributed by atoms with Gasteiger partial charge < -0.3 is 0 Å². The lowest BCUT2D eigenvalue weighted by Gasteiger charge is -2.13. The highest BCUT2D eigenvalue weighted by atomic mass is 79.9. The number of hydrogen-bond acceptors (Lipinski definition) is 3. The van der Waals surface area contributed by atoms with Crippen molar-refractivity contribution in [1.29, 1.82) is 0 Å². The van der Waals surface area contributed by atoms with E-state index in [1.807, 2.05) is 36.4 Å². The van der Waals surface area contributed by atoms with E-state index in [-0.39, 0.29) is 18.2 Å². The third kappa shape index (κ3) is 3.53. The van der Waals surface area contributed by atoms with Gasteiger partial charge in [0, 0.05) is 16.5 Å².